The molecule has 2 aromatic rings. The number of aryl methyl sites for hydroxylation is 2. The van der Waals surface area contributed by atoms with Crippen LogP contribution in [0.25, 0.3) is 0 Å². The van der Waals surface area contributed by atoms with Crippen molar-refractivity contribution in [2.45, 2.75) is 32.2 Å². The van der Waals surface area contributed by atoms with Gasteiger partial charge in [0, 0.05) is 30.6 Å². The monoisotopic (exact) mass is 335 g/mol. The van der Waals surface area contributed by atoms with Gasteiger partial charge in [-0.25, -0.2) is 0 Å². The Kier molecular flexibility index (Phi) is 3.53. The normalized spacial score (nSPS) is 20.5. The van der Waals surface area contributed by atoms with E-state index in [1.165, 1.54) is 41.5 Å². The van der Waals surface area contributed by atoms with Crippen molar-refractivity contribution < 1.29 is 9.47 Å². The molecule has 1 aliphatic carbocycles. The Bertz CT molecular complexity index is 808. The molecule has 0 radical (unpaired) electrons. The van der Waals surface area contributed by atoms with Crippen molar-refractivity contribution in [3.05, 3.63) is 58.7 Å². The fourth-order valence-corrected chi connectivity index (χ4v) is 4.90. The van der Waals surface area contributed by atoms with Gasteiger partial charge in [-0.15, -0.1) is 0 Å². The third-order valence-corrected chi connectivity index (χ3v) is 6.08. The number of likely N-dealkylation sites (tertiary alicyclic amines) is 1. The topological polar surface area (TPSA) is 21.7 Å². The average Bonchev–Trinajstić information content (AvgIpc) is 3.07. The zero-order valence-corrected chi connectivity index (χ0v) is 14.9. The third-order valence-electron chi connectivity index (χ3n) is 6.08. The van der Waals surface area contributed by atoms with Gasteiger partial charge in [0.1, 0.15) is 11.5 Å². The molecule has 2 aliphatic heterocycles. The highest BCUT2D eigenvalue weighted by atomic mass is 16.5. The molecule has 3 aliphatic rings. The quantitative estimate of drug-likeness (QED) is 0.855. The number of para-hydroxylation sites is 1. The zero-order chi connectivity index (χ0) is 16.9. The Labute approximate surface area is 149 Å². The molecule has 0 unspecified atom stereocenters. The molecule has 0 N–H and O–H groups in total. The van der Waals surface area contributed by atoms with Gasteiger partial charge < -0.3 is 9.47 Å². The van der Waals surface area contributed by atoms with Gasteiger partial charge in [-0.05, 0) is 54.5 Å². The molecule has 0 amide bonds. The van der Waals surface area contributed by atoms with E-state index in [4.69, 9.17) is 9.47 Å². The van der Waals surface area contributed by atoms with Gasteiger partial charge in [0.2, 0.25) is 0 Å². The summed E-state index contributed by atoms with van der Waals surface area (Å²) in [4.78, 5) is 2.54. The molecule has 2 heterocycles. The summed E-state index contributed by atoms with van der Waals surface area (Å²) in [6, 6.07) is 13.1. The first-order chi connectivity index (χ1) is 12.2. The van der Waals surface area contributed by atoms with Crippen molar-refractivity contribution in [2.75, 3.05) is 26.8 Å². The lowest BCUT2D eigenvalue weighted by Crippen LogP contribution is -2.60. The molecule has 2 aromatic carbocycles. The van der Waals surface area contributed by atoms with Crippen LogP contribution in [0.5, 0.6) is 11.5 Å². The summed E-state index contributed by atoms with van der Waals surface area (Å²) in [7, 11) is 1.80. The number of rotatable bonds is 3. The second-order valence-electron chi connectivity index (χ2n) is 8.00. The van der Waals surface area contributed by atoms with Crippen LogP contribution < -0.4 is 9.47 Å². The molecule has 0 saturated carbocycles. The van der Waals surface area contributed by atoms with Crippen LogP contribution in [0.4, 0.5) is 0 Å². The highest BCUT2D eigenvalue weighted by Gasteiger charge is 2.46. The van der Waals surface area contributed by atoms with Crippen molar-refractivity contribution in [3.8, 4) is 11.5 Å². The second-order valence-corrected chi connectivity index (χ2v) is 8.00. The third kappa shape index (κ3) is 2.62. The van der Waals surface area contributed by atoms with E-state index in [2.05, 4.69) is 41.3 Å². The molecule has 5 rings (SSSR count). The molecule has 1 spiro atoms. The molecule has 0 aromatic heterocycles. The second kappa shape index (κ2) is 5.77. The lowest BCUT2D eigenvalue weighted by Gasteiger charge is -2.52. The van der Waals surface area contributed by atoms with E-state index >= 15 is 0 Å². The predicted molar refractivity (Wildman–Crippen MR) is 98.4 cm³/mol. The maximum Gasteiger partial charge on any atom is 0.123 e. The minimum absolute atomic E-state index is 0.304. The first-order valence-electron chi connectivity index (χ1n) is 9.36. The van der Waals surface area contributed by atoms with E-state index in [0.29, 0.717) is 5.41 Å². The standard InChI is InChI=1S/C22H25NO2/c1-24-21-10-17-7-4-6-16(17)9-19(21)12-23-13-22(14-23)11-18-5-2-3-8-20(18)25-15-22/h2-3,5,8-10H,4,6-7,11-15H2,1H3. The van der Waals surface area contributed by atoms with E-state index in [1.807, 2.05) is 0 Å². The first kappa shape index (κ1) is 15.3. The lowest BCUT2D eigenvalue weighted by molar-refractivity contribution is -0.0481. The smallest absolute Gasteiger partial charge is 0.123 e. The average molecular weight is 335 g/mol. The van der Waals surface area contributed by atoms with Crippen LogP contribution in [0.15, 0.2) is 36.4 Å². The van der Waals surface area contributed by atoms with Gasteiger partial charge in [-0.3, -0.25) is 4.90 Å². The largest absolute Gasteiger partial charge is 0.496 e. The van der Waals surface area contributed by atoms with Crippen LogP contribution >= 0.6 is 0 Å². The fraction of sp³-hybridized carbons (Fsp3) is 0.455. The number of methoxy groups -OCH3 is 1. The molecular weight excluding hydrogens is 310 g/mol. The highest BCUT2D eigenvalue weighted by molar-refractivity contribution is 5.45. The molecule has 3 nitrogen and oxygen atoms in total. The summed E-state index contributed by atoms with van der Waals surface area (Å²) in [6.45, 7) is 4.06. The van der Waals surface area contributed by atoms with Crippen molar-refractivity contribution in [3.63, 3.8) is 0 Å². The molecule has 1 saturated heterocycles. The summed E-state index contributed by atoms with van der Waals surface area (Å²) in [5, 5.41) is 0. The number of benzene rings is 2. The van der Waals surface area contributed by atoms with Crippen LogP contribution in [-0.2, 0) is 25.8 Å². The minimum atomic E-state index is 0.304. The molecule has 25 heavy (non-hydrogen) atoms. The van der Waals surface area contributed by atoms with E-state index in [1.54, 1.807) is 7.11 Å². The van der Waals surface area contributed by atoms with E-state index in [9.17, 15) is 0 Å². The van der Waals surface area contributed by atoms with Crippen LogP contribution in [-0.4, -0.2) is 31.7 Å². The number of hydrogen-bond acceptors (Lipinski definition) is 3. The van der Waals surface area contributed by atoms with Crippen molar-refractivity contribution in [2.24, 2.45) is 5.41 Å². The summed E-state index contributed by atoms with van der Waals surface area (Å²) in [6.07, 6.45) is 4.85. The van der Waals surface area contributed by atoms with Gasteiger partial charge in [0.25, 0.3) is 0 Å². The first-order valence-corrected chi connectivity index (χ1v) is 9.36. The van der Waals surface area contributed by atoms with Crippen molar-refractivity contribution >= 4 is 0 Å². The Morgan fingerprint density at radius 2 is 1.88 bits per heavy atom. The van der Waals surface area contributed by atoms with Gasteiger partial charge in [-0.2, -0.15) is 0 Å². The molecule has 1 fully saturated rings. The minimum Gasteiger partial charge on any atom is -0.496 e. The van der Waals surface area contributed by atoms with E-state index in [-0.39, 0.29) is 0 Å². The Balaban J connectivity index is 1.29. The SMILES string of the molecule is COc1cc2c(cc1CN1CC3(COc4ccccc4C3)C1)CCC2. The number of fused-ring (bicyclic) bond motifs is 2. The van der Waals surface area contributed by atoms with E-state index < -0.39 is 0 Å². The molecule has 0 atom stereocenters. The maximum absolute atomic E-state index is 6.03. The number of hydrogen-bond donors (Lipinski definition) is 0. The summed E-state index contributed by atoms with van der Waals surface area (Å²) >= 11 is 0. The van der Waals surface area contributed by atoms with Crippen LogP contribution in [0.3, 0.4) is 0 Å². The maximum atomic E-state index is 6.03. The lowest BCUT2D eigenvalue weighted by atomic mass is 9.74. The molecule has 130 valence electrons. The molecule has 3 heteroatoms. The summed E-state index contributed by atoms with van der Waals surface area (Å²) in [5.74, 6) is 2.14. The van der Waals surface area contributed by atoms with Crippen LogP contribution in [0.1, 0.15) is 28.7 Å². The molecule has 0 bridgehead atoms. The van der Waals surface area contributed by atoms with Crippen LogP contribution in [0.2, 0.25) is 0 Å². The van der Waals surface area contributed by atoms with Crippen molar-refractivity contribution in [1.29, 1.82) is 0 Å². The summed E-state index contributed by atoms with van der Waals surface area (Å²) in [5.41, 5.74) is 6.02. The van der Waals surface area contributed by atoms with Crippen molar-refractivity contribution in [1.82, 2.24) is 4.90 Å². The van der Waals surface area contributed by atoms with Crippen LogP contribution in [0, 0.1) is 5.41 Å². The van der Waals surface area contributed by atoms with Gasteiger partial charge >= 0.3 is 0 Å². The highest BCUT2D eigenvalue weighted by Crippen LogP contribution is 2.42. The van der Waals surface area contributed by atoms with E-state index in [0.717, 1.165) is 44.2 Å². The number of ether oxygens (including phenoxy) is 2. The van der Waals surface area contributed by atoms with Gasteiger partial charge in [0.15, 0.2) is 0 Å². The Morgan fingerprint density at radius 1 is 1.08 bits per heavy atom. The zero-order valence-electron chi connectivity index (χ0n) is 14.9. The molecular formula is C22H25NO2. The summed E-state index contributed by atoms with van der Waals surface area (Å²) < 4.78 is 11.7. The Hall–Kier alpha value is -2.00. The Morgan fingerprint density at radius 3 is 2.72 bits per heavy atom. The predicted octanol–water partition coefficient (Wildman–Crippen LogP) is 3.62. The van der Waals surface area contributed by atoms with Gasteiger partial charge in [0.05, 0.1) is 13.7 Å². The van der Waals surface area contributed by atoms with Gasteiger partial charge in [-0.1, -0.05) is 24.3 Å². The fourth-order valence-electron chi connectivity index (χ4n) is 4.90. The number of nitrogens with zero attached hydrogens (tertiary/aromatic N) is 1.